The third-order valence-corrected chi connectivity index (χ3v) is 1.86. The van der Waals surface area contributed by atoms with Gasteiger partial charge in [-0.2, -0.15) is 0 Å². The molecule has 0 aromatic heterocycles. The molecule has 0 amide bonds. The molecule has 0 spiro atoms. The van der Waals surface area contributed by atoms with Crippen LogP contribution in [0.4, 0.5) is 0 Å². The SMILES string of the molecule is CCC1=CCC(Cl)C=C1. The Hall–Kier alpha value is -0.230. The molecular weight excluding hydrogens is 132 g/mol. The molecule has 0 nitrogen and oxygen atoms in total. The van der Waals surface area contributed by atoms with E-state index >= 15 is 0 Å². The van der Waals surface area contributed by atoms with E-state index in [0.717, 1.165) is 12.8 Å². The van der Waals surface area contributed by atoms with Crippen LogP contribution in [0.25, 0.3) is 0 Å². The van der Waals surface area contributed by atoms with Gasteiger partial charge in [0.05, 0.1) is 5.38 Å². The van der Waals surface area contributed by atoms with Crippen molar-refractivity contribution < 1.29 is 0 Å². The zero-order chi connectivity index (χ0) is 6.69. The summed E-state index contributed by atoms with van der Waals surface area (Å²) >= 11 is 5.81. The van der Waals surface area contributed by atoms with Gasteiger partial charge in [-0.1, -0.05) is 30.7 Å². The van der Waals surface area contributed by atoms with Crippen molar-refractivity contribution in [2.24, 2.45) is 0 Å². The molecule has 1 aliphatic carbocycles. The minimum absolute atomic E-state index is 0.236. The van der Waals surface area contributed by atoms with Crippen LogP contribution < -0.4 is 0 Å². The fraction of sp³-hybridized carbons (Fsp3) is 0.500. The van der Waals surface area contributed by atoms with Crippen molar-refractivity contribution in [1.29, 1.82) is 0 Å². The van der Waals surface area contributed by atoms with Gasteiger partial charge >= 0.3 is 0 Å². The Morgan fingerprint density at radius 3 is 3.00 bits per heavy atom. The Balaban J connectivity index is 2.52. The van der Waals surface area contributed by atoms with Crippen LogP contribution in [0.2, 0.25) is 0 Å². The van der Waals surface area contributed by atoms with Crippen molar-refractivity contribution in [3.63, 3.8) is 0 Å². The van der Waals surface area contributed by atoms with Crippen LogP contribution in [0.1, 0.15) is 19.8 Å². The van der Waals surface area contributed by atoms with Crippen LogP contribution in [-0.2, 0) is 0 Å². The molecule has 0 heterocycles. The molecule has 0 saturated heterocycles. The van der Waals surface area contributed by atoms with Gasteiger partial charge in [-0.3, -0.25) is 0 Å². The van der Waals surface area contributed by atoms with E-state index in [1.54, 1.807) is 0 Å². The Morgan fingerprint density at radius 1 is 1.78 bits per heavy atom. The standard InChI is InChI=1S/C8H11Cl/c1-2-7-3-5-8(9)6-4-7/h3-5,8H,2,6H2,1H3. The molecule has 0 N–H and O–H groups in total. The minimum atomic E-state index is 0.236. The summed E-state index contributed by atoms with van der Waals surface area (Å²) in [6, 6.07) is 0. The lowest BCUT2D eigenvalue weighted by molar-refractivity contribution is 0.990. The summed E-state index contributed by atoms with van der Waals surface area (Å²) in [7, 11) is 0. The summed E-state index contributed by atoms with van der Waals surface area (Å²) in [5.74, 6) is 0. The first-order chi connectivity index (χ1) is 4.33. The van der Waals surface area contributed by atoms with Crippen LogP contribution >= 0.6 is 11.6 Å². The van der Waals surface area contributed by atoms with Gasteiger partial charge < -0.3 is 0 Å². The first-order valence-corrected chi connectivity index (χ1v) is 3.78. The third-order valence-electron chi connectivity index (χ3n) is 1.53. The van der Waals surface area contributed by atoms with Gasteiger partial charge in [-0.05, 0) is 12.8 Å². The van der Waals surface area contributed by atoms with Crippen LogP contribution in [0, 0.1) is 0 Å². The third kappa shape index (κ3) is 1.87. The van der Waals surface area contributed by atoms with Crippen LogP contribution in [0.3, 0.4) is 0 Å². The largest absolute Gasteiger partial charge is 0.118 e. The Bertz CT molecular complexity index is 145. The van der Waals surface area contributed by atoms with Gasteiger partial charge in [0.25, 0.3) is 0 Å². The lowest BCUT2D eigenvalue weighted by atomic mass is 10.1. The normalized spacial score (nSPS) is 26.0. The number of halogens is 1. The molecule has 0 bridgehead atoms. The zero-order valence-corrected chi connectivity index (χ0v) is 6.36. The average molecular weight is 143 g/mol. The molecule has 1 atom stereocenters. The molecule has 1 unspecified atom stereocenters. The topological polar surface area (TPSA) is 0 Å². The van der Waals surface area contributed by atoms with E-state index in [1.165, 1.54) is 5.57 Å². The molecule has 1 aliphatic rings. The number of hydrogen-bond acceptors (Lipinski definition) is 0. The van der Waals surface area contributed by atoms with Gasteiger partial charge in [0.15, 0.2) is 0 Å². The summed E-state index contributed by atoms with van der Waals surface area (Å²) in [6.45, 7) is 2.16. The van der Waals surface area contributed by atoms with Crippen LogP contribution in [-0.4, -0.2) is 5.38 Å². The van der Waals surface area contributed by atoms with E-state index < -0.39 is 0 Å². The first kappa shape index (κ1) is 6.88. The van der Waals surface area contributed by atoms with Gasteiger partial charge in [-0.25, -0.2) is 0 Å². The summed E-state index contributed by atoms with van der Waals surface area (Å²) < 4.78 is 0. The molecule has 1 heteroatoms. The van der Waals surface area contributed by atoms with Crippen molar-refractivity contribution in [2.45, 2.75) is 25.1 Å². The first-order valence-electron chi connectivity index (χ1n) is 3.34. The van der Waals surface area contributed by atoms with Gasteiger partial charge in [0.1, 0.15) is 0 Å². The highest BCUT2D eigenvalue weighted by Crippen LogP contribution is 2.16. The molecule has 0 radical (unpaired) electrons. The molecule has 0 aliphatic heterocycles. The smallest absolute Gasteiger partial charge is 0.0553 e. The van der Waals surface area contributed by atoms with Crippen molar-refractivity contribution in [3.8, 4) is 0 Å². The molecule has 0 aromatic rings. The van der Waals surface area contributed by atoms with E-state index in [9.17, 15) is 0 Å². The Labute approximate surface area is 61.2 Å². The monoisotopic (exact) mass is 142 g/mol. The summed E-state index contributed by atoms with van der Waals surface area (Å²) in [6.07, 6.45) is 8.50. The number of allylic oxidation sites excluding steroid dienone is 4. The van der Waals surface area contributed by atoms with Crippen molar-refractivity contribution >= 4 is 11.6 Å². The molecule has 0 aromatic carbocycles. The molecule has 0 fully saturated rings. The van der Waals surface area contributed by atoms with Crippen molar-refractivity contribution in [3.05, 3.63) is 23.8 Å². The lowest BCUT2D eigenvalue weighted by Gasteiger charge is -2.07. The van der Waals surface area contributed by atoms with E-state index in [2.05, 4.69) is 25.2 Å². The second-order valence-electron chi connectivity index (χ2n) is 2.24. The summed E-state index contributed by atoms with van der Waals surface area (Å²) in [5, 5.41) is 0.236. The highest BCUT2D eigenvalue weighted by atomic mass is 35.5. The van der Waals surface area contributed by atoms with Gasteiger partial charge in [0, 0.05) is 0 Å². The van der Waals surface area contributed by atoms with Crippen molar-refractivity contribution in [2.75, 3.05) is 0 Å². The molecule has 9 heavy (non-hydrogen) atoms. The highest BCUT2D eigenvalue weighted by molar-refractivity contribution is 6.22. The number of hydrogen-bond donors (Lipinski definition) is 0. The quantitative estimate of drug-likeness (QED) is 0.494. The zero-order valence-electron chi connectivity index (χ0n) is 5.60. The lowest BCUT2D eigenvalue weighted by Crippen LogP contribution is -1.96. The summed E-state index contributed by atoms with van der Waals surface area (Å²) in [5.41, 5.74) is 1.41. The molecular formula is C8H11Cl. The molecule has 50 valence electrons. The fourth-order valence-electron chi connectivity index (χ4n) is 0.901. The van der Waals surface area contributed by atoms with Crippen LogP contribution in [0.15, 0.2) is 23.8 Å². The fourth-order valence-corrected chi connectivity index (χ4v) is 1.06. The summed E-state index contributed by atoms with van der Waals surface area (Å²) in [4.78, 5) is 0. The van der Waals surface area contributed by atoms with Crippen molar-refractivity contribution in [1.82, 2.24) is 0 Å². The van der Waals surface area contributed by atoms with E-state index in [1.807, 2.05) is 0 Å². The maximum absolute atomic E-state index is 5.81. The minimum Gasteiger partial charge on any atom is -0.118 e. The Kier molecular flexibility index (Phi) is 2.35. The van der Waals surface area contributed by atoms with Gasteiger partial charge in [0.2, 0.25) is 0 Å². The van der Waals surface area contributed by atoms with E-state index in [0.29, 0.717) is 0 Å². The van der Waals surface area contributed by atoms with E-state index in [-0.39, 0.29) is 5.38 Å². The second kappa shape index (κ2) is 3.07. The average Bonchev–Trinajstić information content (AvgIpc) is 1.90. The maximum atomic E-state index is 5.81. The predicted molar refractivity (Wildman–Crippen MR) is 41.8 cm³/mol. The number of alkyl halides is 1. The molecule has 0 saturated carbocycles. The maximum Gasteiger partial charge on any atom is 0.0553 e. The van der Waals surface area contributed by atoms with Crippen LogP contribution in [0.5, 0.6) is 0 Å². The second-order valence-corrected chi connectivity index (χ2v) is 2.80. The highest BCUT2D eigenvalue weighted by Gasteiger charge is 2.01. The van der Waals surface area contributed by atoms with E-state index in [4.69, 9.17) is 11.6 Å². The molecule has 1 rings (SSSR count). The number of rotatable bonds is 1. The van der Waals surface area contributed by atoms with Gasteiger partial charge in [-0.15, -0.1) is 11.6 Å². The predicted octanol–water partition coefficient (Wildman–Crippen LogP) is 2.89. The Morgan fingerprint density at radius 2 is 2.56 bits per heavy atom.